The second-order valence-corrected chi connectivity index (χ2v) is 6.85. The van der Waals surface area contributed by atoms with Gasteiger partial charge in [0.2, 0.25) is 0 Å². The lowest BCUT2D eigenvalue weighted by Crippen LogP contribution is -2.42. The monoisotopic (exact) mass is 365 g/mol. The largest absolute Gasteiger partial charge is 0.330 e. The Hall–Kier alpha value is -3.16. The fraction of sp³-hybridized carbons (Fsp3) is 0.368. The number of amides is 2. The molecule has 1 fully saturated rings. The average Bonchev–Trinajstić information content (AvgIpc) is 3.33. The van der Waals surface area contributed by atoms with E-state index in [2.05, 4.69) is 20.5 Å². The number of urea groups is 1. The first-order valence-corrected chi connectivity index (χ1v) is 9.15. The van der Waals surface area contributed by atoms with Crippen LogP contribution in [-0.2, 0) is 13.6 Å². The molecule has 140 valence electrons. The van der Waals surface area contributed by atoms with Gasteiger partial charge >= 0.3 is 6.03 Å². The van der Waals surface area contributed by atoms with Gasteiger partial charge in [0, 0.05) is 44.1 Å². The van der Waals surface area contributed by atoms with Crippen LogP contribution >= 0.6 is 0 Å². The number of hydrogen-bond acceptors (Lipinski definition) is 4. The summed E-state index contributed by atoms with van der Waals surface area (Å²) in [6.45, 7) is 2.04. The smallest absolute Gasteiger partial charge is 0.321 e. The number of likely N-dealkylation sites (tertiary alicyclic amines) is 1. The van der Waals surface area contributed by atoms with Gasteiger partial charge in [-0.15, -0.1) is 10.2 Å². The number of rotatable bonds is 4. The van der Waals surface area contributed by atoms with E-state index in [-0.39, 0.29) is 11.9 Å². The zero-order valence-electron chi connectivity index (χ0n) is 15.3. The predicted molar refractivity (Wildman–Crippen MR) is 101 cm³/mol. The Morgan fingerprint density at radius 3 is 2.89 bits per heavy atom. The van der Waals surface area contributed by atoms with E-state index in [1.54, 1.807) is 12.5 Å². The van der Waals surface area contributed by atoms with Crippen molar-refractivity contribution < 1.29 is 4.79 Å². The SMILES string of the molecule is Cn1c(Cn2ccnc2)nnc1[C@H]1CCCN(C(=O)Nc2ccccc2)C1. The quantitative estimate of drug-likeness (QED) is 0.770. The number of carbonyl (C=O) groups is 1. The fourth-order valence-electron chi connectivity index (χ4n) is 3.51. The van der Waals surface area contributed by atoms with Crippen LogP contribution in [0.25, 0.3) is 0 Å². The minimum atomic E-state index is -0.0632. The van der Waals surface area contributed by atoms with E-state index in [9.17, 15) is 4.79 Å². The summed E-state index contributed by atoms with van der Waals surface area (Å²) in [4.78, 5) is 18.5. The number of aromatic nitrogens is 5. The van der Waals surface area contributed by atoms with Gasteiger partial charge < -0.3 is 19.4 Å². The minimum Gasteiger partial charge on any atom is -0.330 e. The first-order chi connectivity index (χ1) is 13.2. The number of nitrogens with zero attached hydrogens (tertiary/aromatic N) is 6. The van der Waals surface area contributed by atoms with Crippen LogP contribution in [0.3, 0.4) is 0 Å². The summed E-state index contributed by atoms with van der Waals surface area (Å²) < 4.78 is 4.01. The molecule has 1 aliphatic rings. The lowest BCUT2D eigenvalue weighted by Gasteiger charge is -2.32. The molecule has 0 saturated carbocycles. The van der Waals surface area contributed by atoms with E-state index in [1.165, 1.54) is 0 Å². The molecule has 3 aromatic rings. The first-order valence-electron chi connectivity index (χ1n) is 9.15. The highest BCUT2D eigenvalue weighted by molar-refractivity contribution is 5.89. The van der Waals surface area contributed by atoms with Crippen molar-refractivity contribution in [3.63, 3.8) is 0 Å². The molecular formula is C19H23N7O. The predicted octanol–water partition coefficient (Wildman–Crippen LogP) is 2.47. The highest BCUT2D eigenvalue weighted by Gasteiger charge is 2.28. The van der Waals surface area contributed by atoms with Crippen LogP contribution in [0.5, 0.6) is 0 Å². The van der Waals surface area contributed by atoms with Gasteiger partial charge in [0.25, 0.3) is 0 Å². The lowest BCUT2D eigenvalue weighted by atomic mass is 9.97. The summed E-state index contributed by atoms with van der Waals surface area (Å²) in [6.07, 6.45) is 7.39. The molecule has 1 saturated heterocycles. The number of imidazole rings is 1. The Balaban J connectivity index is 1.44. The van der Waals surface area contributed by atoms with Crippen molar-refractivity contribution in [2.24, 2.45) is 7.05 Å². The van der Waals surface area contributed by atoms with E-state index >= 15 is 0 Å². The second kappa shape index (κ2) is 7.61. The van der Waals surface area contributed by atoms with Crippen molar-refractivity contribution >= 4 is 11.7 Å². The maximum atomic E-state index is 12.6. The van der Waals surface area contributed by atoms with E-state index < -0.39 is 0 Å². The second-order valence-electron chi connectivity index (χ2n) is 6.85. The summed E-state index contributed by atoms with van der Waals surface area (Å²) in [5, 5.41) is 11.7. The fourth-order valence-corrected chi connectivity index (χ4v) is 3.51. The Kier molecular flexibility index (Phi) is 4.86. The van der Waals surface area contributed by atoms with Crippen LogP contribution in [0.4, 0.5) is 10.5 Å². The molecule has 0 spiro atoms. The topological polar surface area (TPSA) is 80.9 Å². The molecule has 0 aliphatic carbocycles. The summed E-state index contributed by atoms with van der Waals surface area (Å²) in [5.74, 6) is 2.01. The Morgan fingerprint density at radius 1 is 1.26 bits per heavy atom. The molecule has 27 heavy (non-hydrogen) atoms. The molecule has 0 radical (unpaired) electrons. The summed E-state index contributed by atoms with van der Waals surface area (Å²) in [6, 6.07) is 9.48. The zero-order chi connectivity index (χ0) is 18.6. The van der Waals surface area contributed by atoms with Crippen LogP contribution in [0.2, 0.25) is 0 Å². The van der Waals surface area contributed by atoms with Crippen molar-refractivity contribution in [1.82, 2.24) is 29.2 Å². The van der Waals surface area contributed by atoms with E-state index in [0.29, 0.717) is 13.1 Å². The normalized spacial score (nSPS) is 17.1. The van der Waals surface area contributed by atoms with Crippen molar-refractivity contribution in [2.75, 3.05) is 18.4 Å². The Morgan fingerprint density at radius 2 is 2.11 bits per heavy atom. The molecule has 3 heterocycles. The Labute approximate surface area is 157 Å². The first kappa shape index (κ1) is 17.3. The molecule has 0 unspecified atom stereocenters. The maximum Gasteiger partial charge on any atom is 0.321 e. The van der Waals surface area contributed by atoms with E-state index in [4.69, 9.17) is 0 Å². The molecule has 8 heteroatoms. The number of benzene rings is 1. The van der Waals surface area contributed by atoms with Crippen LogP contribution in [0, 0.1) is 0 Å². The van der Waals surface area contributed by atoms with E-state index in [1.807, 2.05) is 57.6 Å². The third-order valence-corrected chi connectivity index (χ3v) is 4.98. The zero-order valence-corrected chi connectivity index (χ0v) is 15.3. The number of carbonyl (C=O) groups excluding carboxylic acids is 1. The van der Waals surface area contributed by atoms with Crippen LogP contribution in [-0.4, -0.2) is 48.3 Å². The minimum absolute atomic E-state index is 0.0632. The molecule has 2 aromatic heterocycles. The molecule has 1 N–H and O–H groups in total. The third kappa shape index (κ3) is 3.84. The van der Waals surface area contributed by atoms with Gasteiger partial charge in [0.05, 0.1) is 12.9 Å². The van der Waals surface area contributed by atoms with Crippen LogP contribution in [0.15, 0.2) is 49.1 Å². The summed E-state index contributed by atoms with van der Waals surface area (Å²) >= 11 is 0. The van der Waals surface area contributed by atoms with Crippen molar-refractivity contribution in [1.29, 1.82) is 0 Å². The number of hydrogen-bond donors (Lipinski definition) is 1. The van der Waals surface area contributed by atoms with Crippen molar-refractivity contribution in [3.05, 3.63) is 60.7 Å². The highest BCUT2D eigenvalue weighted by Crippen LogP contribution is 2.26. The number of para-hydroxylation sites is 1. The van der Waals surface area contributed by atoms with Crippen LogP contribution < -0.4 is 5.32 Å². The van der Waals surface area contributed by atoms with Crippen molar-refractivity contribution in [3.8, 4) is 0 Å². The maximum absolute atomic E-state index is 12.6. The molecule has 2 amide bonds. The lowest BCUT2D eigenvalue weighted by molar-refractivity contribution is 0.190. The van der Waals surface area contributed by atoms with Gasteiger partial charge in [-0.3, -0.25) is 0 Å². The van der Waals surface area contributed by atoms with E-state index in [0.717, 1.165) is 36.7 Å². The van der Waals surface area contributed by atoms with Gasteiger partial charge in [0.15, 0.2) is 5.82 Å². The van der Waals surface area contributed by atoms with Gasteiger partial charge in [-0.2, -0.15) is 0 Å². The molecule has 4 rings (SSSR count). The number of anilines is 1. The average molecular weight is 365 g/mol. The molecule has 0 bridgehead atoms. The number of nitrogens with one attached hydrogen (secondary N) is 1. The highest BCUT2D eigenvalue weighted by atomic mass is 16.2. The van der Waals surface area contributed by atoms with Crippen molar-refractivity contribution in [2.45, 2.75) is 25.3 Å². The standard InChI is InChI=1S/C19H23N7O/c1-24-17(13-25-11-9-20-14-25)22-23-18(24)15-6-5-10-26(12-15)19(27)21-16-7-3-2-4-8-16/h2-4,7-9,11,14-15H,5-6,10,12-13H2,1H3,(H,21,27)/t15-/m0/s1. The summed E-state index contributed by atoms with van der Waals surface area (Å²) in [7, 11) is 1.99. The molecule has 8 nitrogen and oxygen atoms in total. The molecular weight excluding hydrogens is 342 g/mol. The van der Waals surface area contributed by atoms with Crippen LogP contribution in [0.1, 0.15) is 30.4 Å². The molecule has 1 aromatic carbocycles. The van der Waals surface area contributed by atoms with Gasteiger partial charge in [0.1, 0.15) is 5.82 Å². The molecule has 1 atom stereocenters. The third-order valence-electron chi connectivity index (χ3n) is 4.98. The molecule has 1 aliphatic heterocycles. The number of piperidine rings is 1. The Bertz CT molecular complexity index is 888. The van der Waals surface area contributed by atoms with Gasteiger partial charge in [-0.05, 0) is 25.0 Å². The van der Waals surface area contributed by atoms with Gasteiger partial charge in [-0.1, -0.05) is 18.2 Å². The summed E-state index contributed by atoms with van der Waals surface area (Å²) in [5.41, 5.74) is 0.811. The van der Waals surface area contributed by atoms with Gasteiger partial charge in [-0.25, -0.2) is 9.78 Å².